The van der Waals surface area contributed by atoms with Crippen molar-refractivity contribution in [3.05, 3.63) is 0 Å². The summed E-state index contributed by atoms with van der Waals surface area (Å²) in [6.45, 7) is 5.69. The van der Waals surface area contributed by atoms with Gasteiger partial charge in [-0.1, -0.05) is 29.8 Å². The van der Waals surface area contributed by atoms with Crippen molar-refractivity contribution in [3.63, 3.8) is 0 Å². The third-order valence-electron chi connectivity index (χ3n) is 3.17. The van der Waals surface area contributed by atoms with E-state index in [1.54, 1.807) is 0 Å². The maximum atomic E-state index is 5.86. The third kappa shape index (κ3) is 4.79. The zero-order valence-corrected chi connectivity index (χ0v) is 11.1. The monoisotopic (exact) mass is 262 g/mol. The van der Waals surface area contributed by atoms with Gasteiger partial charge in [0, 0.05) is 11.9 Å². The molecule has 0 radical (unpaired) electrons. The summed E-state index contributed by atoms with van der Waals surface area (Å²) in [5.74, 6) is 0. The van der Waals surface area contributed by atoms with E-state index in [-0.39, 0.29) is 0 Å². The minimum atomic E-state index is 0.554. The van der Waals surface area contributed by atoms with Gasteiger partial charge in [0.2, 0.25) is 0 Å². The fourth-order valence-corrected chi connectivity index (χ4v) is 2.38. The molecule has 1 rings (SSSR count). The average molecular weight is 263 g/mol. The smallest absolute Gasteiger partial charge is 0.0575 e. The van der Waals surface area contributed by atoms with Gasteiger partial charge in [-0.3, -0.25) is 0 Å². The van der Waals surface area contributed by atoms with Crippen LogP contribution in [0.5, 0.6) is 0 Å². The fourth-order valence-electron chi connectivity index (χ4n) is 1.99. The van der Waals surface area contributed by atoms with Gasteiger partial charge in [-0.05, 0) is 43.9 Å². The minimum Gasteiger partial charge on any atom is -0.378 e. The Morgan fingerprint density at radius 1 is 1.21 bits per heavy atom. The highest BCUT2D eigenvalue weighted by molar-refractivity contribution is 9.09. The molecule has 0 aliphatic heterocycles. The van der Waals surface area contributed by atoms with Gasteiger partial charge in [0.1, 0.15) is 0 Å². The molecule has 0 unspecified atom stereocenters. The molecular weight excluding hydrogens is 240 g/mol. The molecule has 1 saturated carbocycles. The summed E-state index contributed by atoms with van der Waals surface area (Å²) in [5.41, 5.74) is 0.565. The lowest BCUT2D eigenvalue weighted by atomic mass is 9.76. The van der Waals surface area contributed by atoms with Gasteiger partial charge in [0.05, 0.1) is 6.10 Å². The molecule has 0 atom stereocenters. The second kappa shape index (κ2) is 6.12. The molecule has 0 heterocycles. The van der Waals surface area contributed by atoms with Crippen molar-refractivity contribution < 1.29 is 4.74 Å². The van der Waals surface area contributed by atoms with Gasteiger partial charge in [-0.15, -0.1) is 0 Å². The van der Waals surface area contributed by atoms with E-state index >= 15 is 0 Å². The van der Waals surface area contributed by atoms with Crippen LogP contribution in [-0.4, -0.2) is 18.0 Å². The van der Waals surface area contributed by atoms with Gasteiger partial charge < -0.3 is 4.74 Å². The van der Waals surface area contributed by atoms with E-state index in [4.69, 9.17) is 4.74 Å². The van der Waals surface area contributed by atoms with Crippen LogP contribution in [0.25, 0.3) is 0 Å². The number of ether oxygens (including phenoxy) is 1. The largest absolute Gasteiger partial charge is 0.378 e. The van der Waals surface area contributed by atoms with Crippen LogP contribution in [0.3, 0.4) is 0 Å². The van der Waals surface area contributed by atoms with Crippen LogP contribution in [0.2, 0.25) is 0 Å². The van der Waals surface area contributed by atoms with Crippen molar-refractivity contribution in [1.82, 2.24) is 0 Å². The number of halogens is 1. The van der Waals surface area contributed by atoms with E-state index in [2.05, 4.69) is 29.8 Å². The fraction of sp³-hybridized carbons (Fsp3) is 1.00. The highest BCUT2D eigenvalue weighted by Crippen LogP contribution is 2.36. The molecule has 0 bridgehead atoms. The van der Waals surface area contributed by atoms with Crippen molar-refractivity contribution in [1.29, 1.82) is 0 Å². The number of hydrogen-bond acceptors (Lipinski definition) is 1. The predicted molar refractivity (Wildman–Crippen MR) is 65.0 cm³/mol. The highest BCUT2D eigenvalue weighted by Gasteiger charge is 2.26. The summed E-state index contributed by atoms with van der Waals surface area (Å²) in [6.07, 6.45) is 8.18. The second-order valence-electron chi connectivity index (χ2n) is 5.13. The van der Waals surface area contributed by atoms with Crippen LogP contribution in [0, 0.1) is 5.41 Å². The van der Waals surface area contributed by atoms with Crippen LogP contribution in [0.1, 0.15) is 52.4 Å². The molecule has 2 heteroatoms. The summed E-state index contributed by atoms with van der Waals surface area (Å²) in [4.78, 5) is 0. The second-order valence-corrected chi connectivity index (χ2v) is 5.92. The Labute approximate surface area is 96.7 Å². The van der Waals surface area contributed by atoms with E-state index in [1.807, 2.05) is 0 Å². The summed E-state index contributed by atoms with van der Waals surface area (Å²) in [5, 5.41) is 1.11. The van der Waals surface area contributed by atoms with Gasteiger partial charge in [-0.25, -0.2) is 0 Å². The molecule has 0 N–H and O–H groups in total. The maximum Gasteiger partial charge on any atom is 0.0575 e. The molecule has 0 saturated heterocycles. The van der Waals surface area contributed by atoms with Gasteiger partial charge >= 0.3 is 0 Å². The molecule has 0 spiro atoms. The first-order valence-corrected chi connectivity index (χ1v) is 6.94. The topological polar surface area (TPSA) is 9.23 Å². The molecule has 0 aromatic heterocycles. The van der Waals surface area contributed by atoms with Crippen molar-refractivity contribution in [2.75, 3.05) is 11.9 Å². The molecular formula is C12H23BrO. The van der Waals surface area contributed by atoms with Crippen molar-refractivity contribution in [2.24, 2.45) is 5.41 Å². The van der Waals surface area contributed by atoms with E-state index < -0.39 is 0 Å². The number of hydrogen-bond donors (Lipinski definition) is 0. The average Bonchev–Trinajstić information content (AvgIpc) is 2.15. The van der Waals surface area contributed by atoms with Gasteiger partial charge in [0.25, 0.3) is 0 Å². The lowest BCUT2D eigenvalue weighted by molar-refractivity contribution is 0.00333. The molecule has 1 fully saturated rings. The predicted octanol–water partition coefficient (Wildman–Crippen LogP) is 4.15. The Morgan fingerprint density at radius 2 is 1.86 bits per heavy atom. The first-order chi connectivity index (χ1) is 6.64. The SMILES string of the molecule is CC1(C)CCC(OCCCCBr)CC1. The highest BCUT2D eigenvalue weighted by atomic mass is 79.9. The molecule has 14 heavy (non-hydrogen) atoms. The summed E-state index contributed by atoms with van der Waals surface area (Å²) in [6, 6.07) is 0. The number of alkyl halides is 1. The van der Waals surface area contributed by atoms with Crippen molar-refractivity contribution in [3.8, 4) is 0 Å². The van der Waals surface area contributed by atoms with Crippen LogP contribution in [0.4, 0.5) is 0 Å². The van der Waals surface area contributed by atoms with Crippen LogP contribution in [-0.2, 0) is 4.74 Å². The molecule has 0 aromatic rings. The van der Waals surface area contributed by atoms with E-state index in [1.165, 1.54) is 38.5 Å². The zero-order valence-electron chi connectivity index (χ0n) is 9.52. The Bertz CT molecular complexity index is 146. The van der Waals surface area contributed by atoms with Gasteiger partial charge in [0.15, 0.2) is 0 Å². The Balaban J connectivity index is 2.04. The Morgan fingerprint density at radius 3 is 2.43 bits per heavy atom. The normalized spacial score (nSPS) is 22.5. The Kier molecular flexibility index (Phi) is 5.47. The standard InChI is InChI=1S/C12H23BrO/c1-12(2)7-5-11(6-8-12)14-10-4-3-9-13/h11H,3-10H2,1-2H3. The summed E-state index contributed by atoms with van der Waals surface area (Å²) < 4.78 is 5.86. The van der Waals surface area contributed by atoms with E-state index in [9.17, 15) is 0 Å². The van der Waals surface area contributed by atoms with Crippen LogP contribution in [0.15, 0.2) is 0 Å². The summed E-state index contributed by atoms with van der Waals surface area (Å²) >= 11 is 3.43. The molecule has 1 aliphatic carbocycles. The maximum absolute atomic E-state index is 5.86. The zero-order chi connectivity index (χ0) is 10.4. The molecule has 84 valence electrons. The molecule has 0 amide bonds. The first-order valence-electron chi connectivity index (χ1n) is 5.82. The van der Waals surface area contributed by atoms with E-state index in [0.717, 1.165) is 11.9 Å². The first kappa shape index (κ1) is 12.5. The van der Waals surface area contributed by atoms with E-state index in [0.29, 0.717) is 11.5 Å². The van der Waals surface area contributed by atoms with Crippen LogP contribution < -0.4 is 0 Å². The van der Waals surface area contributed by atoms with Crippen LogP contribution >= 0.6 is 15.9 Å². The summed E-state index contributed by atoms with van der Waals surface area (Å²) in [7, 11) is 0. The number of unbranched alkanes of at least 4 members (excludes halogenated alkanes) is 1. The number of rotatable bonds is 5. The lowest BCUT2D eigenvalue weighted by Crippen LogP contribution is -2.26. The minimum absolute atomic E-state index is 0.554. The quantitative estimate of drug-likeness (QED) is 0.535. The molecule has 1 nitrogen and oxygen atoms in total. The lowest BCUT2D eigenvalue weighted by Gasteiger charge is -2.34. The molecule has 0 aromatic carbocycles. The Hall–Kier alpha value is 0.440. The third-order valence-corrected chi connectivity index (χ3v) is 3.73. The van der Waals surface area contributed by atoms with Gasteiger partial charge in [-0.2, -0.15) is 0 Å². The molecule has 1 aliphatic rings. The van der Waals surface area contributed by atoms with Crippen molar-refractivity contribution in [2.45, 2.75) is 58.5 Å². The van der Waals surface area contributed by atoms with Crippen molar-refractivity contribution >= 4 is 15.9 Å².